The molecule has 0 spiro atoms. The highest BCUT2D eigenvalue weighted by Crippen LogP contribution is 2.30. The van der Waals surface area contributed by atoms with Gasteiger partial charge in [0.25, 0.3) is 5.91 Å². The number of hydrogen-bond donors (Lipinski definition) is 0. The Bertz CT molecular complexity index is 595. The fourth-order valence-corrected chi connectivity index (χ4v) is 3.72. The molecule has 3 aliphatic heterocycles. The van der Waals surface area contributed by atoms with Gasteiger partial charge < -0.3 is 9.80 Å². The predicted molar refractivity (Wildman–Crippen MR) is 82.4 cm³/mol. The first-order valence-corrected chi connectivity index (χ1v) is 8.11. The van der Waals surface area contributed by atoms with Crippen molar-refractivity contribution in [3.05, 3.63) is 17.5 Å². The van der Waals surface area contributed by atoms with Gasteiger partial charge >= 0.3 is 0 Å². The van der Waals surface area contributed by atoms with Crippen molar-refractivity contribution in [1.82, 2.24) is 19.6 Å². The Morgan fingerprint density at radius 1 is 1.36 bits per heavy atom. The van der Waals surface area contributed by atoms with E-state index in [1.165, 1.54) is 0 Å². The summed E-state index contributed by atoms with van der Waals surface area (Å²) >= 11 is 0. The Kier molecular flexibility index (Phi) is 3.93. The lowest BCUT2D eigenvalue weighted by molar-refractivity contribution is -0.139. The van der Waals surface area contributed by atoms with Crippen molar-refractivity contribution >= 4 is 11.8 Å². The number of hydrogen-bond acceptors (Lipinski definition) is 3. The van der Waals surface area contributed by atoms with Gasteiger partial charge in [-0.15, -0.1) is 0 Å². The molecule has 3 fully saturated rings. The normalized spacial score (nSPS) is 24.8. The van der Waals surface area contributed by atoms with Crippen LogP contribution < -0.4 is 0 Å². The van der Waals surface area contributed by atoms with E-state index in [4.69, 9.17) is 0 Å². The smallest absolute Gasteiger partial charge is 0.257 e. The van der Waals surface area contributed by atoms with Crippen LogP contribution >= 0.6 is 0 Å². The van der Waals surface area contributed by atoms with Gasteiger partial charge in [-0.05, 0) is 26.2 Å². The molecule has 3 saturated heterocycles. The Morgan fingerprint density at radius 3 is 2.77 bits per heavy atom. The minimum Gasteiger partial charge on any atom is -0.338 e. The van der Waals surface area contributed by atoms with E-state index in [-0.39, 0.29) is 23.8 Å². The minimum absolute atomic E-state index is 0.00801. The van der Waals surface area contributed by atoms with Crippen LogP contribution in [0.4, 0.5) is 0 Å². The number of fused-ring (bicyclic) bond motifs is 4. The van der Waals surface area contributed by atoms with Crippen LogP contribution in [0, 0.1) is 12.8 Å². The van der Waals surface area contributed by atoms with E-state index >= 15 is 0 Å². The number of carbonyl (C=O) groups excluding carboxylic acids is 2. The highest BCUT2D eigenvalue weighted by atomic mass is 16.2. The molecule has 2 amide bonds. The number of amides is 2. The Morgan fingerprint density at radius 2 is 2.14 bits per heavy atom. The Balaban J connectivity index is 1.83. The molecule has 2 bridgehead atoms. The van der Waals surface area contributed by atoms with Crippen molar-refractivity contribution in [1.29, 1.82) is 0 Å². The Hall–Kier alpha value is -1.85. The van der Waals surface area contributed by atoms with Gasteiger partial charge in [0.2, 0.25) is 5.91 Å². The highest BCUT2D eigenvalue weighted by molar-refractivity contribution is 5.95. The minimum atomic E-state index is -0.0359. The molecular weight excluding hydrogens is 280 g/mol. The number of piperidine rings is 1. The molecule has 6 heteroatoms. The SMILES string of the molecule is CCCN1C(=O)[C@H]2CC[C@@H]1CN(C(=O)c1cn(C)nc1C)C2. The van der Waals surface area contributed by atoms with Crippen molar-refractivity contribution in [2.45, 2.75) is 39.2 Å². The number of rotatable bonds is 3. The summed E-state index contributed by atoms with van der Waals surface area (Å²) < 4.78 is 1.67. The molecule has 6 nitrogen and oxygen atoms in total. The number of aromatic nitrogens is 2. The van der Waals surface area contributed by atoms with E-state index in [0.717, 1.165) is 31.5 Å². The zero-order valence-corrected chi connectivity index (χ0v) is 13.6. The molecule has 3 aliphatic rings. The summed E-state index contributed by atoms with van der Waals surface area (Å²) in [5.41, 5.74) is 1.40. The molecular formula is C16H24N4O2. The summed E-state index contributed by atoms with van der Waals surface area (Å²) in [6.45, 7) is 5.94. The third-order valence-corrected chi connectivity index (χ3v) is 4.79. The summed E-state index contributed by atoms with van der Waals surface area (Å²) in [5, 5.41) is 4.26. The van der Waals surface area contributed by atoms with Crippen LogP contribution in [0.1, 0.15) is 42.2 Å². The van der Waals surface area contributed by atoms with Crippen LogP contribution in [0.15, 0.2) is 6.20 Å². The quantitative estimate of drug-likeness (QED) is 0.843. The monoisotopic (exact) mass is 304 g/mol. The molecule has 4 rings (SSSR count). The predicted octanol–water partition coefficient (Wildman–Crippen LogP) is 1.20. The van der Waals surface area contributed by atoms with Gasteiger partial charge in [-0.1, -0.05) is 6.92 Å². The third-order valence-electron chi connectivity index (χ3n) is 4.79. The summed E-state index contributed by atoms with van der Waals surface area (Å²) in [6, 6.07) is 0.173. The lowest BCUT2D eigenvalue weighted by atomic mass is 9.94. The average Bonchev–Trinajstić information content (AvgIpc) is 2.66. The standard InChI is InChI=1S/C16H24N4O2/c1-4-7-20-13-6-5-12(15(20)21)8-19(9-13)16(22)14-10-18(3)17-11(14)2/h10,12-13H,4-9H2,1-3H3/t12-,13+/m0/s1. The zero-order chi connectivity index (χ0) is 15.9. The van der Waals surface area contributed by atoms with Gasteiger partial charge in [-0.2, -0.15) is 5.10 Å². The summed E-state index contributed by atoms with van der Waals surface area (Å²) in [7, 11) is 1.82. The number of aryl methyl sites for hydroxylation is 2. The molecule has 22 heavy (non-hydrogen) atoms. The van der Waals surface area contributed by atoms with Gasteiger partial charge in [0, 0.05) is 38.9 Å². The van der Waals surface area contributed by atoms with Crippen molar-refractivity contribution in [2.75, 3.05) is 19.6 Å². The maximum Gasteiger partial charge on any atom is 0.257 e. The first-order chi connectivity index (χ1) is 10.5. The van der Waals surface area contributed by atoms with E-state index in [9.17, 15) is 9.59 Å². The van der Waals surface area contributed by atoms with Crippen molar-refractivity contribution in [3.8, 4) is 0 Å². The van der Waals surface area contributed by atoms with Crippen LogP contribution in [0.3, 0.4) is 0 Å². The fourth-order valence-electron chi connectivity index (χ4n) is 3.72. The van der Waals surface area contributed by atoms with Gasteiger partial charge in [0.05, 0.1) is 17.2 Å². The van der Waals surface area contributed by atoms with Gasteiger partial charge in [0.1, 0.15) is 0 Å². The average molecular weight is 304 g/mol. The number of carbonyl (C=O) groups is 2. The molecule has 2 atom stereocenters. The van der Waals surface area contributed by atoms with E-state index in [2.05, 4.69) is 12.0 Å². The van der Waals surface area contributed by atoms with Gasteiger partial charge in [-0.25, -0.2) is 0 Å². The van der Waals surface area contributed by atoms with Gasteiger partial charge in [0.15, 0.2) is 0 Å². The van der Waals surface area contributed by atoms with Crippen molar-refractivity contribution in [3.63, 3.8) is 0 Å². The summed E-state index contributed by atoms with van der Waals surface area (Å²) in [4.78, 5) is 29.2. The lowest BCUT2D eigenvalue weighted by Gasteiger charge is -2.35. The molecule has 0 aromatic carbocycles. The number of nitrogens with zero attached hydrogens (tertiary/aromatic N) is 4. The molecule has 1 aromatic rings. The first kappa shape index (κ1) is 15.1. The van der Waals surface area contributed by atoms with Crippen molar-refractivity contribution < 1.29 is 9.59 Å². The zero-order valence-electron chi connectivity index (χ0n) is 13.6. The second kappa shape index (κ2) is 5.74. The summed E-state index contributed by atoms with van der Waals surface area (Å²) in [6.07, 6.45) is 4.65. The highest BCUT2D eigenvalue weighted by Gasteiger charge is 2.41. The molecule has 120 valence electrons. The van der Waals surface area contributed by atoms with E-state index in [0.29, 0.717) is 18.7 Å². The first-order valence-electron chi connectivity index (χ1n) is 8.11. The molecule has 1 aromatic heterocycles. The van der Waals surface area contributed by atoms with Crippen LogP contribution in [-0.4, -0.2) is 57.1 Å². The molecule has 0 N–H and O–H groups in total. The second-order valence-electron chi connectivity index (χ2n) is 6.47. The van der Waals surface area contributed by atoms with Crippen LogP contribution in [0.5, 0.6) is 0 Å². The maximum atomic E-state index is 12.8. The van der Waals surface area contributed by atoms with Gasteiger partial charge in [-0.3, -0.25) is 14.3 Å². The topological polar surface area (TPSA) is 58.4 Å². The van der Waals surface area contributed by atoms with E-state index in [1.54, 1.807) is 10.9 Å². The maximum absolute atomic E-state index is 12.8. The van der Waals surface area contributed by atoms with Crippen LogP contribution in [-0.2, 0) is 11.8 Å². The van der Waals surface area contributed by atoms with Crippen LogP contribution in [0.2, 0.25) is 0 Å². The molecule has 0 saturated carbocycles. The molecule has 0 aliphatic carbocycles. The largest absolute Gasteiger partial charge is 0.338 e. The fraction of sp³-hybridized carbons (Fsp3) is 0.688. The van der Waals surface area contributed by atoms with Crippen molar-refractivity contribution in [2.24, 2.45) is 13.0 Å². The Labute approximate surface area is 131 Å². The third kappa shape index (κ3) is 2.51. The van der Waals surface area contributed by atoms with Crippen LogP contribution in [0.25, 0.3) is 0 Å². The summed E-state index contributed by atoms with van der Waals surface area (Å²) in [5.74, 6) is 0.205. The molecule has 0 radical (unpaired) electrons. The lowest BCUT2D eigenvalue weighted by Crippen LogP contribution is -2.48. The van der Waals surface area contributed by atoms with E-state index < -0.39 is 0 Å². The van der Waals surface area contributed by atoms with E-state index in [1.807, 2.05) is 23.8 Å². The second-order valence-corrected chi connectivity index (χ2v) is 6.47. The molecule has 4 heterocycles. The molecule has 0 unspecified atom stereocenters.